The Morgan fingerprint density at radius 2 is 2.21 bits per heavy atom. The normalized spacial score (nSPS) is 10.7. The van der Waals surface area contributed by atoms with Gasteiger partial charge in [-0.2, -0.15) is 5.10 Å². The van der Waals surface area contributed by atoms with Crippen molar-refractivity contribution in [2.75, 3.05) is 0 Å². The van der Waals surface area contributed by atoms with Crippen LogP contribution in [-0.4, -0.2) is 9.78 Å². The van der Waals surface area contributed by atoms with Gasteiger partial charge in [-0.25, -0.2) is 0 Å². The van der Waals surface area contributed by atoms with Crippen molar-refractivity contribution in [1.29, 1.82) is 0 Å². The Labute approximate surface area is 126 Å². The van der Waals surface area contributed by atoms with Gasteiger partial charge in [0, 0.05) is 28.3 Å². The summed E-state index contributed by atoms with van der Waals surface area (Å²) in [5.74, 6) is 1.30. The average molecular weight is 344 g/mol. The van der Waals surface area contributed by atoms with Crippen LogP contribution in [0.1, 0.15) is 23.6 Å². The fourth-order valence-corrected chi connectivity index (χ4v) is 2.73. The predicted octanol–water partition coefficient (Wildman–Crippen LogP) is 4.29. The monoisotopic (exact) mass is 342 g/mol. The molecule has 1 heterocycles. The molecule has 0 saturated carbocycles. The Kier molecular flexibility index (Phi) is 4.88. The van der Waals surface area contributed by atoms with Crippen LogP contribution < -0.4 is 4.74 Å². The summed E-state index contributed by atoms with van der Waals surface area (Å²) in [5, 5.41) is 4.23. The summed E-state index contributed by atoms with van der Waals surface area (Å²) in [6.45, 7) is 5.45. The highest BCUT2D eigenvalue weighted by molar-refractivity contribution is 9.10. The van der Waals surface area contributed by atoms with Crippen LogP contribution in [-0.2, 0) is 19.0 Å². The number of rotatable bonds is 5. The molecule has 1 aromatic heterocycles. The largest absolute Gasteiger partial charge is 0.488 e. The minimum absolute atomic E-state index is 0.434. The van der Waals surface area contributed by atoms with Gasteiger partial charge in [0.15, 0.2) is 0 Å². The van der Waals surface area contributed by atoms with Crippen LogP contribution in [0.3, 0.4) is 0 Å². The van der Waals surface area contributed by atoms with E-state index in [1.54, 1.807) is 0 Å². The Hall–Kier alpha value is -1.00. The van der Waals surface area contributed by atoms with Gasteiger partial charge < -0.3 is 4.74 Å². The molecule has 0 saturated heterocycles. The van der Waals surface area contributed by atoms with E-state index in [9.17, 15) is 0 Å². The van der Waals surface area contributed by atoms with Crippen LogP contribution in [0.5, 0.6) is 5.75 Å². The number of halogens is 2. The molecule has 2 rings (SSSR count). The lowest BCUT2D eigenvalue weighted by atomic mass is 10.1. The lowest BCUT2D eigenvalue weighted by molar-refractivity contribution is 0.301. The van der Waals surface area contributed by atoms with Gasteiger partial charge in [0.25, 0.3) is 0 Å². The molecule has 0 atom stereocenters. The third-order valence-electron chi connectivity index (χ3n) is 2.85. The molecule has 0 radical (unpaired) electrons. The Morgan fingerprint density at radius 1 is 1.42 bits per heavy atom. The summed E-state index contributed by atoms with van der Waals surface area (Å²) in [5.41, 5.74) is 3.13. The van der Waals surface area contributed by atoms with Gasteiger partial charge in [-0.05, 0) is 31.5 Å². The van der Waals surface area contributed by atoms with Crippen LogP contribution in [0.15, 0.2) is 29.0 Å². The molecule has 0 amide bonds. The average Bonchev–Trinajstić information content (AvgIpc) is 2.84. The molecule has 0 N–H and O–H groups in total. The van der Waals surface area contributed by atoms with Gasteiger partial charge in [0.1, 0.15) is 12.4 Å². The van der Waals surface area contributed by atoms with Crippen molar-refractivity contribution >= 4 is 27.5 Å². The van der Waals surface area contributed by atoms with Crippen molar-refractivity contribution in [3.8, 4) is 5.75 Å². The van der Waals surface area contributed by atoms with E-state index in [-0.39, 0.29) is 0 Å². The molecule has 0 aliphatic heterocycles. The molecular weight excluding hydrogens is 328 g/mol. The Morgan fingerprint density at radius 3 is 2.84 bits per heavy atom. The maximum Gasteiger partial charge on any atom is 0.127 e. The summed E-state index contributed by atoms with van der Waals surface area (Å²) in [7, 11) is 0. The second-order valence-electron chi connectivity index (χ2n) is 4.34. The van der Waals surface area contributed by atoms with Gasteiger partial charge in [-0.15, -0.1) is 11.6 Å². The smallest absolute Gasteiger partial charge is 0.127 e. The molecule has 0 bridgehead atoms. The number of hydrogen-bond donors (Lipinski definition) is 0. The molecule has 0 fully saturated rings. The van der Waals surface area contributed by atoms with Gasteiger partial charge in [0.05, 0.1) is 12.1 Å². The lowest BCUT2D eigenvalue weighted by Crippen LogP contribution is -1.99. The highest BCUT2D eigenvalue weighted by atomic mass is 79.9. The molecule has 102 valence electrons. The van der Waals surface area contributed by atoms with E-state index < -0.39 is 0 Å². The molecule has 0 aliphatic rings. The van der Waals surface area contributed by atoms with E-state index in [4.69, 9.17) is 16.3 Å². The fraction of sp³-hybridized carbons (Fsp3) is 0.357. The number of alkyl halides is 1. The lowest BCUT2D eigenvalue weighted by Gasteiger charge is -2.13. The fourth-order valence-electron chi connectivity index (χ4n) is 1.91. The van der Waals surface area contributed by atoms with Crippen molar-refractivity contribution in [3.05, 3.63) is 45.7 Å². The SMILES string of the molecule is CCn1cc(COc2c(C)cc(Br)cc2CCl)cn1. The van der Waals surface area contributed by atoms with Crippen LogP contribution >= 0.6 is 27.5 Å². The van der Waals surface area contributed by atoms with Crippen molar-refractivity contribution < 1.29 is 4.74 Å². The molecule has 5 heteroatoms. The second-order valence-corrected chi connectivity index (χ2v) is 5.52. The van der Waals surface area contributed by atoms with E-state index in [1.165, 1.54) is 0 Å². The van der Waals surface area contributed by atoms with Crippen molar-refractivity contribution in [3.63, 3.8) is 0 Å². The first kappa shape index (κ1) is 14.4. The predicted molar refractivity (Wildman–Crippen MR) is 80.7 cm³/mol. The van der Waals surface area contributed by atoms with Crippen LogP contribution in [0.2, 0.25) is 0 Å². The van der Waals surface area contributed by atoms with E-state index in [1.807, 2.05) is 36.1 Å². The topological polar surface area (TPSA) is 27.1 Å². The highest BCUT2D eigenvalue weighted by Crippen LogP contribution is 2.29. The number of ether oxygens (including phenoxy) is 1. The standard InChI is InChI=1S/C14H16BrClN2O/c1-3-18-8-11(7-17-18)9-19-14-10(2)4-13(15)5-12(14)6-16/h4-5,7-8H,3,6,9H2,1-2H3. The molecule has 1 aromatic carbocycles. The molecule has 0 spiro atoms. The first-order valence-electron chi connectivity index (χ1n) is 6.13. The maximum atomic E-state index is 5.97. The number of aryl methyl sites for hydroxylation is 2. The number of hydrogen-bond acceptors (Lipinski definition) is 2. The minimum atomic E-state index is 0.434. The summed E-state index contributed by atoms with van der Waals surface area (Å²) in [6.07, 6.45) is 3.83. The summed E-state index contributed by atoms with van der Waals surface area (Å²) >= 11 is 9.44. The first-order chi connectivity index (χ1) is 9.13. The first-order valence-corrected chi connectivity index (χ1v) is 7.46. The van der Waals surface area contributed by atoms with Crippen LogP contribution in [0.25, 0.3) is 0 Å². The van der Waals surface area contributed by atoms with Gasteiger partial charge in [-0.3, -0.25) is 4.68 Å². The van der Waals surface area contributed by atoms with E-state index in [0.29, 0.717) is 12.5 Å². The summed E-state index contributed by atoms with van der Waals surface area (Å²) < 4.78 is 8.80. The van der Waals surface area contributed by atoms with E-state index >= 15 is 0 Å². The van der Waals surface area contributed by atoms with Gasteiger partial charge in [-0.1, -0.05) is 15.9 Å². The molecule has 2 aromatic rings. The van der Waals surface area contributed by atoms with E-state index in [0.717, 1.165) is 33.5 Å². The zero-order chi connectivity index (χ0) is 13.8. The van der Waals surface area contributed by atoms with Crippen LogP contribution in [0.4, 0.5) is 0 Å². The van der Waals surface area contributed by atoms with Gasteiger partial charge >= 0.3 is 0 Å². The molecular formula is C14H16BrClN2O. The summed E-state index contributed by atoms with van der Waals surface area (Å²) in [6, 6.07) is 4.02. The van der Waals surface area contributed by atoms with Crippen LogP contribution in [0, 0.1) is 6.92 Å². The van der Waals surface area contributed by atoms with Crippen molar-refractivity contribution in [2.24, 2.45) is 0 Å². The molecule has 19 heavy (non-hydrogen) atoms. The zero-order valence-corrected chi connectivity index (χ0v) is 13.3. The summed E-state index contributed by atoms with van der Waals surface area (Å²) in [4.78, 5) is 0. The molecule has 0 aliphatic carbocycles. The third-order valence-corrected chi connectivity index (χ3v) is 3.60. The third kappa shape index (κ3) is 3.51. The quantitative estimate of drug-likeness (QED) is 0.757. The number of nitrogens with zero attached hydrogens (tertiary/aromatic N) is 2. The number of aromatic nitrogens is 2. The van der Waals surface area contributed by atoms with Crippen molar-refractivity contribution in [1.82, 2.24) is 9.78 Å². The second kappa shape index (κ2) is 6.44. The minimum Gasteiger partial charge on any atom is -0.488 e. The Bertz CT molecular complexity index is 569. The maximum absolute atomic E-state index is 5.97. The number of benzene rings is 1. The molecule has 0 unspecified atom stereocenters. The van der Waals surface area contributed by atoms with Crippen molar-refractivity contribution in [2.45, 2.75) is 32.9 Å². The molecule has 3 nitrogen and oxygen atoms in total. The zero-order valence-electron chi connectivity index (χ0n) is 11.0. The van der Waals surface area contributed by atoms with Gasteiger partial charge in [0.2, 0.25) is 0 Å². The highest BCUT2D eigenvalue weighted by Gasteiger charge is 2.09. The van der Waals surface area contributed by atoms with E-state index in [2.05, 4.69) is 28.0 Å². The Balaban J connectivity index is 2.14.